The second-order valence-corrected chi connectivity index (χ2v) is 8.37. The van der Waals surface area contributed by atoms with Crippen molar-refractivity contribution in [1.29, 1.82) is 5.26 Å². The summed E-state index contributed by atoms with van der Waals surface area (Å²) in [4.78, 5) is 2.57. The second kappa shape index (κ2) is 8.77. The van der Waals surface area contributed by atoms with Crippen LogP contribution in [0.1, 0.15) is 23.1 Å². The Labute approximate surface area is 151 Å². The molecule has 6 nitrogen and oxygen atoms in total. The summed E-state index contributed by atoms with van der Waals surface area (Å²) in [6.45, 7) is 9.87. The van der Waals surface area contributed by atoms with Crippen LogP contribution in [0.25, 0.3) is 0 Å². The van der Waals surface area contributed by atoms with Gasteiger partial charge in [0.1, 0.15) is 0 Å². The van der Waals surface area contributed by atoms with E-state index in [2.05, 4.69) is 11.0 Å². The molecule has 7 heteroatoms. The predicted molar refractivity (Wildman–Crippen MR) is 96.9 cm³/mol. The summed E-state index contributed by atoms with van der Waals surface area (Å²) in [5.41, 5.74) is 2.56. The molecule has 0 atom stereocenters. The minimum Gasteiger partial charge on any atom is -0.379 e. The molecule has 0 aromatic heterocycles. The molecule has 1 aliphatic heterocycles. The van der Waals surface area contributed by atoms with Gasteiger partial charge in [0, 0.05) is 39.1 Å². The summed E-state index contributed by atoms with van der Waals surface area (Å²) in [5, 5.41) is 8.92. The molecule has 0 N–H and O–H groups in total. The molecule has 25 heavy (non-hydrogen) atoms. The first-order valence-corrected chi connectivity index (χ1v) is 10.1. The number of benzene rings is 1. The Hall–Kier alpha value is -1.46. The number of nitrogens with zero attached hydrogens (tertiary/aromatic N) is 3. The van der Waals surface area contributed by atoms with Gasteiger partial charge in [-0.15, -0.1) is 0 Å². The predicted octanol–water partition coefficient (Wildman–Crippen LogP) is 1.85. The van der Waals surface area contributed by atoms with E-state index in [1.807, 2.05) is 32.9 Å². The zero-order valence-corrected chi connectivity index (χ0v) is 16.1. The van der Waals surface area contributed by atoms with Crippen LogP contribution in [-0.2, 0) is 14.8 Å². The maximum absolute atomic E-state index is 13.2. The molecule has 1 aromatic carbocycles. The van der Waals surface area contributed by atoms with Gasteiger partial charge < -0.3 is 4.74 Å². The molecule has 0 amide bonds. The van der Waals surface area contributed by atoms with Crippen molar-refractivity contribution in [3.63, 3.8) is 0 Å². The van der Waals surface area contributed by atoms with E-state index in [4.69, 9.17) is 10.00 Å². The Morgan fingerprint density at radius 2 is 1.76 bits per heavy atom. The lowest BCUT2D eigenvalue weighted by molar-refractivity contribution is 0.0363. The van der Waals surface area contributed by atoms with Crippen LogP contribution in [0.4, 0.5) is 0 Å². The van der Waals surface area contributed by atoms with Crippen LogP contribution in [0.5, 0.6) is 0 Å². The number of morpholine rings is 1. The fourth-order valence-electron chi connectivity index (χ4n) is 3.31. The van der Waals surface area contributed by atoms with E-state index >= 15 is 0 Å². The molecule has 138 valence electrons. The van der Waals surface area contributed by atoms with Crippen molar-refractivity contribution in [1.82, 2.24) is 9.21 Å². The standard InChI is InChI=1S/C18H27N3O3S/c1-15-13-16(2)18(17(3)14-15)25(22,23)21(6-4-5-19)8-7-20-9-11-24-12-10-20/h13-14H,4,6-12H2,1-3H3. The fourth-order valence-corrected chi connectivity index (χ4v) is 5.15. The highest BCUT2D eigenvalue weighted by Crippen LogP contribution is 2.25. The molecule has 1 aliphatic rings. The first-order chi connectivity index (χ1) is 11.9. The van der Waals surface area contributed by atoms with Crippen molar-refractivity contribution in [2.24, 2.45) is 0 Å². The second-order valence-electron chi connectivity index (χ2n) is 6.49. The number of aryl methyl sites for hydroxylation is 3. The highest BCUT2D eigenvalue weighted by molar-refractivity contribution is 7.89. The molecule has 1 fully saturated rings. The van der Waals surface area contributed by atoms with E-state index in [-0.39, 0.29) is 13.0 Å². The van der Waals surface area contributed by atoms with Crippen LogP contribution in [0.2, 0.25) is 0 Å². The van der Waals surface area contributed by atoms with E-state index in [9.17, 15) is 8.42 Å². The van der Waals surface area contributed by atoms with E-state index in [0.29, 0.717) is 31.2 Å². The Morgan fingerprint density at radius 1 is 1.16 bits per heavy atom. The topological polar surface area (TPSA) is 73.6 Å². The van der Waals surface area contributed by atoms with Crippen molar-refractivity contribution in [2.75, 3.05) is 45.9 Å². The zero-order valence-electron chi connectivity index (χ0n) is 15.3. The maximum atomic E-state index is 13.2. The Balaban J connectivity index is 2.24. The SMILES string of the molecule is Cc1cc(C)c(S(=O)(=O)N(CCC#N)CCN2CCOCC2)c(C)c1. The molecule has 1 aromatic rings. The molecular formula is C18H27N3O3S. The third kappa shape index (κ3) is 5.02. The van der Waals surface area contributed by atoms with Crippen molar-refractivity contribution >= 4 is 10.0 Å². The van der Waals surface area contributed by atoms with Gasteiger partial charge in [0.05, 0.1) is 24.2 Å². The van der Waals surface area contributed by atoms with Crippen LogP contribution >= 0.6 is 0 Å². The molecule has 1 heterocycles. The van der Waals surface area contributed by atoms with E-state index in [1.54, 1.807) is 0 Å². The summed E-state index contributed by atoms with van der Waals surface area (Å²) in [5.74, 6) is 0. The highest BCUT2D eigenvalue weighted by Gasteiger charge is 2.28. The number of ether oxygens (including phenoxy) is 1. The minimum atomic E-state index is -3.63. The lowest BCUT2D eigenvalue weighted by Crippen LogP contribution is -2.43. The average Bonchev–Trinajstić information content (AvgIpc) is 2.54. The Morgan fingerprint density at radius 3 is 2.32 bits per heavy atom. The van der Waals surface area contributed by atoms with Gasteiger partial charge in [-0.25, -0.2) is 8.42 Å². The third-order valence-electron chi connectivity index (χ3n) is 4.44. The number of nitriles is 1. The van der Waals surface area contributed by atoms with Crippen LogP contribution < -0.4 is 0 Å². The summed E-state index contributed by atoms with van der Waals surface area (Å²) in [6, 6.07) is 5.84. The Kier molecular flexibility index (Phi) is 6.96. The van der Waals surface area contributed by atoms with Gasteiger partial charge in [-0.1, -0.05) is 17.7 Å². The first kappa shape index (κ1) is 19.9. The molecular weight excluding hydrogens is 338 g/mol. The van der Waals surface area contributed by atoms with Crippen molar-refractivity contribution < 1.29 is 13.2 Å². The van der Waals surface area contributed by atoms with Gasteiger partial charge in [-0.3, -0.25) is 4.90 Å². The molecule has 0 radical (unpaired) electrons. The summed E-state index contributed by atoms with van der Waals surface area (Å²) in [6.07, 6.45) is 0.187. The summed E-state index contributed by atoms with van der Waals surface area (Å²) >= 11 is 0. The van der Waals surface area contributed by atoms with Gasteiger partial charge >= 0.3 is 0 Å². The quantitative estimate of drug-likeness (QED) is 0.737. The average molecular weight is 365 g/mol. The molecule has 2 rings (SSSR count). The van der Waals surface area contributed by atoms with Gasteiger partial charge in [-0.2, -0.15) is 9.57 Å². The molecule has 1 saturated heterocycles. The van der Waals surface area contributed by atoms with Gasteiger partial charge in [0.15, 0.2) is 0 Å². The number of hydrogen-bond acceptors (Lipinski definition) is 5. The normalized spacial score (nSPS) is 16.1. The van der Waals surface area contributed by atoms with Crippen LogP contribution in [-0.4, -0.2) is 63.6 Å². The van der Waals surface area contributed by atoms with E-state index in [1.165, 1.54) is 4.31 Å². The van der Waals surface area contributed by atoms with Gasteiger partial charge in [0.25, 0.3) is 0 Å². The largest absolute Gasteiger partial charge is 0.379 e. The summed E-state index contributed by atoms with van der Waals surface area (Å²) < 4.78 is 33.3. The molecule has 0 unspecified atom stereocenters. The molecule has 0 bridgehead atoms. The lowest BCUT2D eigenvalue weighted by Gasteiger charge is -2.30. The number of sulfonamides is 1. The van der Waals surface area contributed by atoms with Crippen LogP contribution in [0.15, 0.2) is 17.0 Å². The first-order valence-electron chi connectivity index (χ1n) is 8.61. The highest BCUT2D eigenvalue weighted by atomic mass is 32.2. The molecule has 0 aliphatic carbocycles. The van der Waals surface area contributed by atoms with E-state index in [0.717, 1.165) is 29.8 Å². The van der Waals surface area contributed by atoms with Crippen molar-refractivity contribution in [2.45, 2.75) is 32.1 Å². The van der Waals surface area contributed by atoms with Gasteiger partial charge in [0.2, 0.25) is 10.0 Å². The van der Waals surface area contributed by atoms with E-state index < -0.39 is 10.0 Å². The molecule has 0 saturated carbocycles. The van der Waals surface area contributed by atoms with Crippen molar-refractivity contribution in [3.05, 3.63) is 28.8 Å². The fraction of sp³-hybridized carbons (Fsp3) is 0.611. The smallest absolute Gasteiger partial charge is 0.243 e. The monoisotopic (exact) mass is 365 g/mol. The number of hydrogen-bond donors (Lipinski definition) is 0. The summed E-state index contributed by atoms with van der Waals surface area (Å²) in [7, 11) is -3.63. The molecule has 0 spiro atoms. The maximum Gasteiger partial charge on any atom is 0.243 e. The van der Waals surface area contributed by atoms with Gasteiger partial charge in [-0.05, 0) is 31.9 Å². The zero-order chi connectivity index (χ0) is 18.4. The van der Waals surface area contributed by atoms with Crippen molar-refractivity contribution in [3.8, 4) is 6.07 Å². The third-order valence-corrected chi connectivity index (χ3v) is 6.65. The lowest BCUT2D eigenvalue weighted by atomic mass is 10.1. The Bertz CT molecular complexity index is 711. The number of rotatable bonds is 7. The minimum absolute atomic E-state index is 0.187. The van der Waals surface area contributed by atoms with Crippen LogP contribution in [0.3, 0.4) is 0 Å². The van der Waals surface area contributed by atoms with Crippen LogP contribution in [0, 0.1) is 32.1 Å².